The van der Waals surface area contributed by atoms with E-state index in [1.807, 2.05) is 30.5 Å². The van der Waals surface area contributed by atoms with Crippen molar-refractivity contribution in [1.82, 2.24) is 9.97 Å². The van der Waals surface area contributed by atoms with E-state index >= 15 is 0 Å². The number of aromatic nitrogens is 2. The molecule has 1 saturated heterocycles. The molecule has 0 spiro atoms. The van der Waals surface area contributed by atoms with Crippen molar-refractivity contribution in [3.63, 3.8) is 0 Å². The Balaban J connectivity index is 1.66. The van der Waals surface area contributed by atoms with Gasteiger partial charge in [-0.25, -0.2) is 4.98 Å². The topological polar surface area (TPSA) is 41.1 Å². The molecule has 0 atom stereocenters. The summed E-state index contributed by atoms with van der Waals surface area (Å²) in [6, 6.07) is 12.3. The minimum absolute atomic E-state index is 0.702. The van der Waals surface area contributed by atoms with Crippen molar-refractivity contribution in [3.05, 3.63) is 48.2 Å². The highest BCUT2D eigenvalue weighted by atomic mass is 15.2. The monoisotopic (exact) mass is 254 g/mol. The zero-order valence-electron chi connectivity index (χ0n) is 10.9. The average molecular weight is 254 g/mol. The van der Waals surface area contributed by atoms with Crippen molar-refractivity contribution in [2.24, 2.45) is 0 Å². The van der Waals surface area contributed by atoms with E-state index in [1.54, 1.807) is 0 Å². The Hall–Kier alpha value is -2.10. The molecule has 1 aliphatic heterocycles. The number of benzene rings is 1. The van der Waals surface area contributed by atoms with E-state index in [0.29, 0.717) is 5.95 Å². The molecule has 2 aromatic rings. The van der Waals surface area contributed by atoms with E-state index in [0.717, 1.165) is 25.5 Å². The summed E-state index contributed by atoms with van der Waals surface area (Å²) in [5.41, 5.74) is 1.23. The minimum Gasteiger partial charge on any atom is -0.356 e. The van der Waals surface area contributed by atoms with Gasteiger partial charge in [0.1, 0.15) is 5.82 Å². The Morgan fingerprint density at radius 1 is 1.05 bits per heavy atom. The van der Waals surface area contributed by atoms with Crippen LogP contribution in [0.3, 0.4) is 0 Å². The van der Waals surface area contributed by atoms with E-state index in [-0.39, 0.29) is 0 Å². The third-order valence-electron chi connectivity index (χ3n) is 3.36. The Bertz CT molecular complexity index is 521. The van der Waals surface area contributed by atoms with Crippen LogP contribution in [-0.4, -0.2) is 23.1 Å². The van der Waals surface area contributed by atoms with Crippen LogP contribution in [0.1, 0.15) is 18.4 Å². The van der Waals surface area contributed by atoms with Gasteiger partial charge in [0.25, 0.3) is 0 Å². The standard InChI is InChI=1S/C15H18N4/c1-2-6-13(7-3-1)12-17-15-16-9-8-14(18-15)19-10-4-5-11-19/h1-3,6-9H,4-5,10-12H2,(H,16,17,18). The van der Waals surface area contributed by atoms with Gasteiger partial charge in [-0.15, -0.1) is 0 Å². The second kappa shape index (κ2) is 5.69. The summed E-state index contributed by atoms with van der Waals surface area (Å²) in [5.74, 6) is 1.73. The summed E-state index contributed by atoms with van der Waals surface area (Å²) >= 11 is 0. The van der Waals surface area contributed by atoms with E-state index < -0.39 is 0 Å². The number of hydrogen-bond acceptors (Lipinski definition) is 4. The van der Waals surface area contributed by atoms with Crippen LogP contribution in [0, 0.1) is 0 Å². The molecule has 0 unspecified atom stereocenters. The van der Waals surface area contributed by atoms with Crippen LogP contribution in [0.25, 0.3) is 0 Å². The van der Waals surface area contributed by atoms with Gasteiger partial charge in [0.05, 0.1) is 0 Å². The molecule has 4 nitrogen and oxygen atoms in total. The molecule has 1 aromatic carbocycles. The first-order chi connectivity index (χ1) is 9.42. The zero-order valence-corrected chi connectivity index (χ0v) is 10.9. The normalized spacial score (nSPS) is 14.6. The van der Waals surface area contributed by atoms with Crippen LogP contribution in [0.5, 0.6) is 0 Å². The number of hydrogen-bond donors (Lipinski definition) is 1. The average Bonchev–Trinajstić information content (AvgIpc) is 3.01. The molecule has 0 amide bonds. The smallest absolute Gasteiger partial charge is 0.224 e. The van der Waals surface area contributed by atoms with Crippen LogP contribution in [0.2, 0.25) is 0 Å². The van der Waals surface area contributed by atoms with Crippen molar-refractivity contribution in [3.8, 4) is 0 Å². The molecule has 4 heteroatoms. The van der Waals surface area contributed by atoms with Gasteiger partial charge in [-0.05, 0) is 24.5 Å². The van der Waals surface area contributed by atoms with Gasteiger partial charge in [0, 0.05) is 25.8 Å². The van der Waals surface area contributed by atoms with Gasteiger partial charge >= 0.3 is 0 Å². The molecular weight excluding hydrogens is 236 g/mol. The van der Waals surface area contributed by atoms with Gasteiger partial charge in [0.15, 0.2) is 0 Å². The Kier molecular flexibility index (Phi) is 3.58. The lowest BCUT2D eigenvalue weighted by atomic mass is 10.2. The third kappa shape index (κ3) is 3.02. The molecular formula is C15H18N4. The van der Waals surface area contributed by atoms with E-state index in [2.05, 4.69) is 32.3 Å². The first kappa shape index (κ1) is 12.0. The van der Waals surface area contributed by atoms with Crippen LogP contribution in [0.15, 0.2) is 42.6 Å². The minimum atomic E-state index is 0.702. The highest BCUT2D eigenvalue weighted by Gasteiger charge is 2.13. The van der Waals surface area contributed by atoms with Crippen LogP contribution in [-0.2, 0) is 6.54 Å². The summed E-state index contributed by atoms with van der Waals surface area (Å²) in [4.78, 5) is 11.2. The molecule has 2 heterocycles. The van der Waals surface area contributed by atoms with Gasteiger partial charge in [-0.2, -0.15) is 4.98 Å². The first-order valence-corrected chi connectivity index (χ1v) is 6.77. The molecule has 0 saturated carbocycles. The highest BCUT2D eigenvalue weighted by molar-refractivity contribution is 5.43. The summed E-state index contributed by atoms with van der Waals surface area (Å²) < 4.78 is 0. The predicted molar refractivity (Wildman–Crippen MR) is 77.2 cm³/mol. The lowest BCUT2D eigenvalue weighted by Crippen LogP contribution is -2.19. The van der Waals surface area contributed by atoms with Crippen LogP contribution in [0.4, 0.5) is 11.8 Å². The van der Waals surface area contributed by atoms with Gasteiger partial charge < -0.3 is 10.2 Å². The van der Waals surface area contributed by atoms with E-state index in [1.165, 1.54) is 18.4 Å². The summed E-state index contributed by atoms with van der Waals surface area (Å²) in [7, 11) is 0. The maximum Gasteiger partial charge on any atom is 0.224 e. The van der Waals surface area contributed by atoms with E-state index in [4.69, 9.17) is 0 Å². The molecule has 1 aliphatic rings. The number of nitrogens with one attached hydrogen (secondary N) is 1. The van der Waals surface area contributed by atoms with E-state index in [9.17, 15) is 0 Å². The summed E-state index contributed by atoms with van der Waals surface area (Å²) in [6.07, 6.45) is 4.35. The maximum atomic E-state index is 4.57. The second-order valence-corrected chi connectivity index (χ2v) is 4.77. The molecule has 19 heavy (non-hydrogen) atoms. The molecule has 1 N–H and O–H groups in total. The summed E-state index contributed by atoms with van der Waals surface area (Å²) in [6.45, 7) is 2.97. The number of rotatable bonds is 4. The van der Waals surface area contributed by atoms with Gasteiger partial charge in [0.2, 0.25) is 5.95 Å². The van der Waals surface area contributed by atoms with Crippen LogP contribution < -0.4 is 10.2 Å². The fourth-order valence-corrected chi connectivity index (χ4v) is 2.33. The molecule has 0 radical (unpaired) electrons. The van der Waals surface area contributed by atoms with Crippen molar-refractivity contribution in [2.45, 2.75) is 19.4 Å². The quantitative estimate of drug-likeness (QED) is 0.910. The van der Waals surface area contributed by atoms with Crippen LogP contribution >= 0.6 is 0 Å². The molecule has 1 fully saturated rings. The molecule has 3 rings (SSSR count). The highest BCUT2D eigenvalue weighted by Crippen LogP contribution is 2.18. The second-order valence-electron chi connectivity index (χ2n) is 4.77. The molecule has 0 aliphatic carbocycles. The Morgan fingerprint density at radius 3 is 2.63 bits per heavy atom. The Morgan fingerprint density at radius 2 is 1.84 bits per heavy atom. The van der Waals surface area contributed by atoms with Gasteiger partial charge in [-0.3, -0.25) is 0 Å². The van der Waals surface area contributed by atoms with Crippen molar-refractivity contribution in [2.75, 3.05) is 23.3 Å². The molecule has 98 valence electrons. The predicted octanol–water partition coefficient (Wildman–Crippen LogP) is 2.69. The van der Waals surface area contributed by atoms with Crippen molar-refractivity contribution in [1.29, 1.82) is 0 Å². The molecule has 1 aromatic heterocycles. The fraction of sp³-hybridized carbons (Fsp3) is 0.333. The van der Waals surface area contributed by atoms with Crippen molar-refractivity contribution < 1.29 is 0 Å². The first-order valence-electron chi connectivity index (χ1n) is 6.77. The largest absolute Gasteiger partial charge is 0.356 e. The Labute approximate surface area is 113 Å². The maximum absolute atomic E-state index is 4.57. The summed E-state index contributed by atoms with van der Waals surface area (Å²) in [5, 5.41) is 3.28. The zero-order chi connectivity index (χ0) is 12.9. The number of nitrogens with zero attached hydrogens (tertiary/aromatic N) is 3. The molecule has 0 bridgehead atoms. The third-order valence-corrected chi connectivity index (χ3v) is 3.36. The number of anilines is 2. The van der Waals surface area contributed by atoms with Crippen molar-refractivity contribution >= 4 is 11.8 Å². The SMILES string of the molecule is c1ccc(CNc2nccc(N3CCCC3)n2)cc1. The lowest BCUT2D eigenvalue weighted by Gasteiger charge is -2.16. The van der Waals surface area contributed by atoms with Gasteiger partial charge in [-0.1, -0.05) is 30.3 Å². The lowest BCUT2D eigenvalue weighted by molar-refractivity contribution is 0.923. The fourth-order valence-electron chi connectivity index (χ4n) is 2.33.